The Morgan fingerprint density at radius 2 is 1.20 bits per heavy atom. The SMILES string of the molecule is CNS(=O)(=O)c1ccc(/C(C)=N/Nc2nc(Nc3ccccc3)nc(N/N=C(\C)c3ccncc3)c2-c2ccccc2)cc1. The zero-order valence-corrected chi connectivity index (χ0v) is 25.2. The van der Waals surface area contributed by atoms with E-state index >= 15 is 0 Å². The van der Waals surface area contributed by atoms with E-state index in [1.54, 1.807) is 24.5 Å². The lowest BCUT2D eigenvalue weighted by atomic mass is 10.1. The van der Waals surface area contributed by atoms with Gasteiger partial charge >= 0.3 is 0 Å². The molecule has 0 amide bonds. The quantitative estimate of drug-likeness (QED) is 0.108. The van der Waals surface area contributed by atoms with Crippen molar-refractivity contribution < 1.29 is 8.42 Å². The molecule has 0 bridgehead atoms. The molecule has 0 spiro atoms. The highest BCUT2D eigenvalue weighted by Gasteiger charge is 2.18. The smallest absolute Gasteiger partial charge is 0.240 e. The van der Waals surface area contributed by atoms with Gasteiger partial charge < -0.3 is 5.32 Å². The summed E-state index contributed by atoms with van der Waals surface area (Å²) < 4.78 is 26.6. The number of hydrogen-bond donors (Lipinski definition) is 4. The maximum absolute atomic E-state index is 12.1. The number of nitrogens with one attached hydrogen (secondary N) is 4. The average molecular weight is 606 g/mol. The van der Waals surface area contributed by atoms with E-state index < -0.39 is 10.0 Å². The van der Waals surface area contributed by atoms with Crippen LogP contribution in [0.1, 0.15) is 25.0 Å². The first-order chi connectivity index (χ1) is 21.3. The van der Waals surface area contributed by atoms with Crippen molar-refractivity contribution in [3.8, 4) is 11.1 Å². The Morgan fingerprint density at radius 1 is 0.682 bits per heavy atom. The van der Waals surface area contributed by atoms with Crippen LogP contribution in [-0.2, 0) is 10.0 Å². The summed E-state index contributed by atoms with van der Waals surface area (Å²) in [5.74, 6) is 1.21. The molecular formula is C32H31N9O2S. The van der Waals surface area contributed by atoms with Gasteiger partial charge in [0.05, 0.1) is 21.9 Å². The third-order valence-corrected chi connectivity index (χ3v) is 8.04. The zero-order chi connectivity index (χ0) is 30.9. The lowest BCUT2D eigenvalue weighted by molar-refractivity contribution is 0.588. The summed E-state index contributed by atoms with van der Waals surface area (Å²) in [6.45, 7) is 3.72. The van der Waals surface area contributed by atoms with Gasteiger partial charge in [0.1, 0.15) is 0 Å². The van der Waals surface area contributed by atoms with E-state index in [9.17, 15) is 8.42 Å². The molecule has 222 valence electrons. The summed E-state index contributed by atoms with van der Waals surface area (Å²) in [7, 11) is -2.17. The van der Waals surface area contributed by atoms with Gasteiger partial charge in [0, 0.05) is 23.6 Å². The van der Waals surface area contributed by atoms with Crippen molar-refractivity contribution in [2.75, 3.05) is 23.2 Å². The van der Waals surface area contributed by atoms with Gasteiger partial charge in [-0.3, -0.25) is 15.8 Å². The molecule has 11 nitrogen and oxygen atoms in total. The summed E-state index contributed by atoms with van der Waals surface area (Å²) in [4.78, 5) is 13.8. The van der Waals surface area contributed by atoms with Crippen molar-refractivity contribution in [3.05, 3.63) is 121 Å². The molecule has 5 aromatic rings. The molecule has 0 unspecified atom stereocenters. The second kappa shape index (κ2) is 13.7. The number of hydrogen-bond acceptors (Lipinski definition) is 10. The molecule has 3 aromatic carbocycles. The lowest BCUT2D eigenvalue weighted by Crippen LogP contribution is -2.18. The van der Waals surface area contributed by atoms with Gasteiger partial charge in [-0.15, -0.1) is 0 Å². The van der Waals surface area contributed by atoms with Gasteiger partial charge in [-0.1, -0.05) is 60.7 Å². The van der Waals surface area contributed by atoms with E-state index in [2.05, 4.69) is 36.1 Å². The van der Waals surface area contributed by atoms with Gasteiger partial charge in [-0.25, -0.2) is 13.1 Å². The fourth-order valence-electron chi connectivity index (χ4n) is 4.20. The van der Waals surface area contributed by atoms with Gasteiger partial charge in [0.25, 0.3) is 0 Å². The molecule has 0 radical (unpaired) electrons. The van der Waals surface area contributed by atoms with Crippen LogP contribution in [0.4, 0.5) is 23.3 Å². The molecular weight excluding hydrogens is 574 g/mol. The van der Waals surface area contributed by atoms with Gasteiger partial charge in [0.15, 0.2) is 11.6 Å². The third-order valence-electron chi connectivity index (χ3n) is 6.61. The largest absolute Gasteiger partial charge is 0.324 e. The molecule has 0 atom stereocenters. The zero-order valence-electron chi connectivity index (χ0n) is 24.4. The first-order valence-corrected chi connectivity index (χ1v) is 15.2. The number of nitrogens with zero attached hydrogens (tertiary/aromatic N) is 5. The fraction of sp³-hybridized carbons (Fsp3) is 0.0938. The summed E-state index contributed by atoms with van der Waals surface area (Å²) in [5.41, 5.74) is 11.6. The Kier molecular flexibility index (Phi) is 9.33. The highest BCUT2D eigenvalue weighted by molar-refractivity contribution is 7.89. The van der Waals surface area contributed by atoms with Crippen LogP contribution in [0.2, 0.25) is 0 Å². The molecule has 0 aliphatic rings. The lowest BCUT2D eigenvalue weighted by Gasteiger charge is -2.16. The van der Waals surface area contributed by atoms with Gasteiger partial charge in [0.2, 0.25) is 16.0 Å². The number of anilines is 4. The molecule has 4 N–H and O–H groups in total. The van der Waals surface area contributed by atoms with Crippen molar-refractivity contribution in [1.82, 2.24) is 19.7 Å². The van der Waals surface area contributed by atoms with Crippen LogP contribution in [0, 0.1) is 0 Å². The highest BCUT2D eigenvalue weighted by Crippen LogP contribution is 2.35. The topological polar surface area (TPSA) is 146 Å². The predicted octanol–water partition coefficient (Wildman–Crippen LogP) is 5.86. The van der Waals surface area contributed by atoms with Gasteiger partial charge in [-0.05, 0) is 68.4 Å². The van der Waals surface area contributed by atoms with E-state index in [1.165, 1.54) is 19.2 Å². The van der Waals surface area contributed by atoms with Crippen LogP contribution in [0.5, 0.6) is 0 Å². The summed E-state index contributed by atoms with van der Waals surface area (Å²) in [5, 5.41) is 12.5. The van der Waals surface area contributed by atoms with Crippen molar-refractivity contribution in [1.29, 1.82) is 0 Å². The molecule has 0 saturated carbocycles. The monoisotopic (exact) mass is 605 g/mol. The summed E-state index contributed by atoms with van der Waals surface area (Å²) >= 11 is 0. The number of hydrazone groups is 2. The summed E-state index contributed by atoms with van der Waals surface area (Å²) in [6.07, 6.45) is 3.43. The molecule has 12 heteroatoms. The maximum Gasteiger partial charge on any atom is 0.240 e. The van der Waals surface area contributed by atoms with Gasteiger partial charge in [-0.2, -0.15) is 20.2 Å². The van der Waals surface area contributed by atoms with Crippen LogP contribution < -0.4 is 20.9 Å². The van der Waals surface area contributed by atoms with E-state index in [0.29, 0.717) is 28.9 Å². The fourth-order valence-corrected chi connectivity index (χ4v) is 4.93. The second-order valence-electron chi connectivity index (χ2n) is 9.56. The van der Waals surface area contributed by atoms with E-state index in [1.807, 2.05) is 86.6 Å². The summed E-state index contributed by atoms with van der Waals surface area (Å²) in [6, 6.07) is 29.5. The Morgan fingerprint density at radius 3 is 1.75 bits per heavy atom. The van der Waals surface area contributed by atoms with Crippen molar-refractivity contribution in [2.24, 2.45) is 10.2 Å². The molecule has 2 heterocycles. The Balaban J connectivity index is 1.57. The Labute approximate surface area is 256 Å². The second-order valence-corrected chi connectivity index (χ2v) is 11.4. The highest BCUT2D eigenvalue weighted by atomic mass is 32.2. The standard InChI is InChI=1S/C32H31N9O2S/c1-22(24-14-16-28(17-15-24)44(42,43)33-3)38-40-30-29(26-10-6-4-7-11-26)31(41-39-23(2)25-18-20-34-21-19-25)37-32(36-30)35-27-12-8-5-9-13-27/h4-21,33H,1-3H3,(H3,35,36,37,40,41)/b38-22+,39-23+. The Bertz CT molecular complexity index is 1880. The molecule has 44 heavy (non-hydrogen) atoms. The van der Waals surface area contributed by atoms with Crippen LogP contribution in [0.15, 0.2) is 125 Å². The number of pyridine rings is 1. The molecule has 0 aliphatic heterocycles. The minimum Gasteiger partial charge on any atom is -0.324 e. The van der Waals surface area contributed by atoms with Crippen molar-refractivity contribution in [3.63, 3.8) is 0 Å². The number of benzene rings is 3. The maximum atomic E-state index is 12.1. The molecule has 0 fully saturated rings. The van der Waals surface area contributed by atoms with Crippen molar-refractivity contribution >= 4 is 44.7 Å². The average Bonchev–Trinajstić information content (AvgIpc) is 3.07. The van der Waals surface area contributed by atoms with Crippen LogP contribution in [-0.4, -0.2) is 41.8 Å². The first-order valence-electron chi connectivity index (χ1n) is 13.7. The van der Waals surface area contributed by atoms with Crippen LogP contribution >= 0.6 is 0 Å². The van der Waals surface area contributed by atoms with E-state index in [4.69, 9.17) is 9.97 Å². The Hall–Kier alpha value is -5.46. The molecule has 0 aliphatic carbocycles. The molecule has 0 saturated heterocycles. The predicted molar refractivity (Wildman–Crippen MR) is 176 cm³/mol. The molecule has 2 aromatic heterocycles. The number of aromatic nitrogens is 3. The normalized spacial score (nSPS) is 12.1. The van der Waals surface area contributed by atoms with E-state index in [0.717, 1.165) is 28.1 Å². The number of para-hydroxylation sites is 1. The third kappa shape index (κ3) is 7.30. The number of rotatable bonds is 11. The number of sulfonamides is 1. The van der Waals surface area contributed by atoms with Crippen LogP contribution in [0.25, 0.3) is 11.1 Å². The minimum atomic E-state index is -3.55. The first kappa shape index (κ1) is 30.0. The van der Waals surface area contributed by atoms with Crippen molar-refractivity contribution in [2.45, 2.75) is 18.7 Å². The minimum absolute atomic E-state index is 0.168. The van der Waals surface area contributed by atoms with Crippen LogP contribution in [0.3, 0.4) is 0 Å². The van der Waals surface area contributed by atoms with E-state index in [-0.39, 0.29) is 4.90 Å². The molecule has 5 rings (SSSR count).